The van der Waals surface area contributed by atoms with Crippen molar-refractivity contribution in [1.29, 1.82) is 5.26 Å². The predicted molar refractivity (Wildman–Crippen MR) is 124 cm³/mol. The summed E-state index contributed by atoms with van der Waals surface area (Å²) in [6, 6.07) is 15.5. The minimum Gasteiger partial charge on any atom is -0.363 e. The lowest BCUT2D eigenvalue weighted by Gasteiger charge is -2.43. The van der Waals surface area contributed by atoms with E-state index >= 15 is 0 Å². The number of carbonyl (C=O) groups excluding carboxylic acids is 1. The summed E-state index contributed by atoms with van der Waals surface area (Å²) in [5.74, 6) is -0.418. The number of allylic oxidation sites excluding steroid dienone is 1. The Morgan fingerprint density at radius 3 is 2.60 bits per heavy atom. The highest BCUT2D eigenvalue weighted by Gasteiger charge is 2.30. The van der Waals surface area contributed by atoms with Gasteiger partial charge >= 0.3 is 0 Å². The number of fused-ring (bicyclic) bond motifs is 1. The molecule has 5 heteroatoms. The van der Waals surface area contributed by atoms with Gasteiger partial charge in [-0.25, -0.2) is 0 Å². The minimum atomic E-state index is -0.418. The molecule has 154 valence electrons. The maximum Gasteiger partial charge on any atom is 0.262 e. The second-order valence-corrected chi connectivity index (χ2v) is 8.36. The molecule has 1 N–H and O–H groups in total. The van der Waals surface area contributed by atoms with Crippen LogP contribution < -0.4 is 10.2 Å². The smallest absolute Gasteiger partial charge is 0.262 e. The van der Waals surface area contributed by atoms with Crippen LogP contribution in [-0.2, 0) is 11.3 Å². The summed E-state index contributed by atoms with van der Waals surface area (Å²) in [4.78, 5) is 14.8. The monoisotopic (exact) mass is 419 g/mol. The summed E-state index contributed by atoms with van der Waals surface area (Å²) >= 11 is 6.57. The summed E-state index contributed by atoms with van der Waals surface area (Å²) in [6.07, 6.45) is 3.80. The molecular weight excluding hydrogens is 394 g/mol. The van der Waals surface area contributed by atoms with Crippen LogP contribution in [0.15, 0.2) is 54.1 Å². The normalized spacial score (nSPS) is 15.1. The maximum absolute atomic E-state index is 12.5. The average Bonchev–Trinajstić information content (AvgIpc) is 2.71. The molecule has 1 amide bonds. The van der Waals surface area contributed by atoms with Gasteiger partial charge in [-0.3, -0.25) is 4.79 Å². The third-order valence-electron chi connectivity index (χ3n) is 5.37. The van der Waals surface area contributed by atoms with E-state index in [1.54, 1.807) is 6.08 Å². The van der Waals surface area contributed by atoms with E-state index in [1.807, 2.05) is 48.5 Å². The number of rotatable bonds is 5. The van der Waals surface area contributed by atoms with Crippen molar-refractivity contribution in [2.45, 2.75) is 39.8 Å². The second kappa shape index (κ2) is 8.77. The van der Waals surface area contributed by atoms with Crippen molar-refractivity contribution in [2.24, 2.45) is 0 Å². The number of nitrogens with one attached hydrogen (secondary N) is 1. The van der Waals surface area contributed by atoms with Crippen molar-refractivity contribution in [2.75, 3.05) is 11.4 Å². The topological polar surface area (TPSA) is 56.1 Å². The molecule has 0 radical (unpaired) electrons. The fraction of sp³-hybridized carbons (Fsp3) is 0.280. The number of anilines is 1. The molecular formula is C25H26ClN3O. The van der Waals surface area contributed by atoms with Gasteiger partial charge in [-0.15, -0.1) is 0 Å². The molecule has 1 heterocycles. The van der Waals surface area contributed by atoms with Crippen molar-refractivity contribution in [3.63, 3.8) is 0 Å². The fourth-order valence-corrected chi connectivity index (χ4v) is 4.19. The van der Waals surface area contributed by atoms with E-state index in [-0.39, 0.29) is 11.1 Å². The highest BCUT2D eigenvalue weighted by molar-refractivity contribution is 6.32. The number of likely N-dealkylation sites (N-methyl/N-ethyl adjacent to an activating group) is 1. The number of benzene rings is 2. The molecule has 2 aromatic rings. The second-order valence-electron chi connectivity index (χ2n) is 7.95. The first-order valence-electron chi connectivity index (χ1n) is 10.0. The van der Waals surface area contributed by atoms with Gasteiger partial charge in [0.05, 0.1) is 5.54 Å². The van der Waals surface area contributed by atoms with Crippen LogP contribution in [0.1, 0.15) is 44.4 Å². The minimum absolute atomic E-state index is 0.0258. The van der Waals surface area contributed by atoms with Gasteiger partial charge in [0.1, 0.15) is 11.6 Å². The Morgan fingerprint density at radius 1 is 1.27 bits per heavy atom. The molecule has 0 fully saturated rings. The van der Waals surface area contributed by atoms with E-state index in [9.17, 15) is 10.1 Å². The van der Waals surface area contributed by atoms with E-state index in [2.05, 4.69) is 44.0 Å². The molecule has 30 heavy (non-hydrogen) atoms. The van der Waals surface area contributed by atoms with Crippen LogP contribution in [0.3, 0.4) is 0 Å². The summed E-state index contributed by atoms with van der Waals surface area (Å²) in [6.45, 7) is 9.75. The molecule has 3 rings (SSSR count). The van der Waals surface area contributed by atoms with Gasteiger partial charge in [-0.2, -0.15) is 5.26 Å². The largest absolute Gasteiger partial charge is 0.363 e. The number of amides is 1. The molecule has 0 aromatic heterocycles. The first-order chi connectivity index (χ1) is 14.3. The molecule has 1 aliphatic heterocycles. The Kier molecular flexibility index (Phi) is 6.34. The highest BCUT2D eigenvalue weighted by atomic mass is 35.5. The van der Waals surface area contributed by atoms with Crippen LogP contribution in [0.25, 0.3) is 11.6 Å². The SMILES string of the molecule is CCN1c2cc(Cl)c(/C=C(\C#N)C(=O)NCc3ccccc3)cc2C(C)=CC1(C)C. The van der Waals surface area contributed by atoms with Crippen LogP contribution in [0, 0.1) is 11.3 Å². The molecule has 0 aliphatic carbocycles. The first-order valence-corrected chi connectivity index (χ1v) is 10.4. The van der Waals surface area contributed by atoms with Crippen molar-refractivity contribution in [1.82, 2.24) is 5.32 Å². The van der Waals surface area contributed by atoms with Crippen molar-refractivity contribution in [3.05, 3.63) is 75.8 Å². The lowest BCUT2D eigenvalue weighted by atomic mass is 9.88. The molecule has 0 saturated carbocycles. The van der Waals surface area contributed by atoms with Gasteiger partial charge in [0.15, 0.2) is 0 Å². The predicted octanol–water partition coefficient (Wildman–Crippen LogP) is 5.59. The summed E-state index contributed by atoms with van der Waals surface area (Å²) < 4.78 is 0. The van der Waals surface area contributed by atoms with Gasteiger partial charge in [0.2, 0.25) is 0 Å². The lowest BCUT2D eigenvalue weighted by molar-refractivity contribution is -0.117. The van der Waals surface area contributed by atoms with Gasteiger partial charge in [-0.05, 0) is 62.6 Å². The molecule has 0 bridgehead atoms. The van der Waals surface area contributed by atoms with Gasteiger partial charge < -0.3 is 10.2 Å². The zero-order valence-electron chi connectivity index (χ0n) is 17.8. The zero-order valence-corrected chi connectivity index (χ0v) is 18.5. The quantitative estimate of drug-likeness (QED) is 0.508. The third kappa shape index (κ3) is 4.42. The van der Waals surface area contributed by atoms with E-state index in [1.165, 1.54) is 0 Å². The van der Waals surface area contributed by atoms with Gasteiger partial charge in [0.25, 0.3) is 5.91 Å². The lowest BCUT2D eigenvalue weighted by Crippen LogP contribution is -2.44. The Balaban J connectivity index is 1.92. The average molecular weight is 420 g/mol. The molecule has 4 nitrogen and oxygen atoms in total. The first kappa shape index (κ1) is 21.7. The summed E-state index contributed by atoms with van der Waals surface area (Å²) in [5.41, 5.74) is 4.83. The number of nitriles is 1. The Bertz CT molecular complexity index is 1060. The van der Waals surface area contributed by atoms with Gasteiger partial charge in [-0.1, -0.05) is 48.0 Å². The Labute approximate surface area is 183 Å². The highest BCUT2D eigenvalue weighted by Crippen LogP contribution is 2.41. The standard InChI is InChI=1S/C25H26ClN3O/c1-5-29-23-13-22(26)19(12-21(23)17(2)14-25(29,3)4)11-20(15-27)24(30)28-16-18-9-7-6-8-10-18/h6-14H,5,16H2,1-4H3,(H,28,30)/b20-11+. The zero-order chi connectivity index (χ0) is 21.9. The molecule has 0 atom stereocenters. The van der Waals surface area contributed by atoms with E-state index in [4.69, 9.17) is 11.6 Å². The van der Waals surface area contributed by atoms with Crippen LogP contribution in [0.2, 0.25) is 5.02 Å². The number of hydrogen-bond acceptors (Lipinski definition) is 3. The van der Waals surface area contributed by atoms with Crippen molar-refractivity contribution >= 4 is 34.8 Å². The molecule has 0 unspecified atom stereocenters. The number of hydrogen-bond donors (Lipinski definition) is 1. The molecule has 1 aliphatic rings. The van der Waals surface area contributed by atoms with Crippen molar-refractivity contribution in [3.8, 4) is 6.07 Å². The Morgan fingerprint density at radius 2 is 1.97 bits per heavy atom. The molecule has 0 saturated heterocycles. The number of nitrogens with zero attached hydrogens (tertiary/aromatic N) is 2. The van der Waals surface area contributed by atoms with Gasteiger partial charge in [0, 0.05) is 29.4 Å². The molecule has 2 aromatic carbocycles. The van der Waals surface area contributed by atoms with Crippen LogP contribution in [-0.4, -0.2) is 18.0 Å². The number of halogens is 1. The van der Waals surface area contributed by atoms with E-state index in [0.717, 1.165) is 28.9 Å². The Hall–Kier alpha value is -3.03. The fourth-order valence-electron chi connectivity index (χ4n) is 3.98. The molecule has 0 spiro atoms. The third-order valence-corrected chi connectivity index (χ3v) is 5.70. The van der Waals surface area contributed by atoms with E-state index < -0.39 is 5.91 Å². The maximum atomic E-state index is 12.5. The van der Waals surface area contributed by atoms with Crippen molar-refractivity contribution < 1.29 is 4.79 Å². The van der Waals surface area contributed by atoms with Crippen LogP contribution in [0.5, 0.6) is 0 Å². The summed E-state index contributed by atoms with van der Waals surface area (Å²) in [7, 11) is 0. The van der Waals surface area contributed by atoms with E-state index in [0.29, 0.717) is 17.1 Å². The number of carbonyl (C=O) groups is 1. The van der Waals surface area contributed by atoms with Crippen LogP contribution in [0.4, 0.5) is 5.69 Å². The van der Waals surface area contributed by atoms with Crippen LogP contribution >= 0.6 is 11.6 Å². The summed E-state index contributed by atoms with van der Waals surface area (Å²) in [5, 5.41) is 12.9.